The van der Waals surface area contributed by atoms with Crippen molar-refractivity contribution >= 4 is 10.0 Å². The highest BCUT2D eigenvalue weighted by Gasteiger charge is 2.35. The van der Waals surface area contributed by atoms with Gasteiger partial charge in [-0.2, -0.15) is 0 Å². The molecule has 2 N–H and O–H groups in total. The van der Waals surface area contributed by atoms with Crippen LogP contribution in [0.4, 0.5) is 0 Å². The van der Waals surface area contributed by atoms with E-state index in [-0.39, 0.29) is 11.3 Å². The number of rotatable bonds is 7. The van der Waals surface area contributed by atoms with Gasteiger partial charge in [-0.3, -0.25) is 0 Å². The van der Waals surface area contributed by atoms with Crippen LogP contribution >= 0.6 is 0 Å². The standard InChI is InChI=1S/C16H24N2O2S/c1-16(9-2-10-16)18-21(19,20)12-14-5-3-13(4-6-14)11-17-15-7-8-15/h3-6,15,17-18H,2,7-12H2,1H3. The Morgan fingerprint density at radius 2 is 1.76 bits per heavy atom. The van der Waals surface area contributed by atoms with Gasteiger partial charge in [0.15, 0.2) is 0 Å². The molecule has 2 aliphatic rings. The Balaban J connectivity index is 1.55. The third-order valence-corrected chi connectivity index (χ3v) is 5.93. The van der Waals surface area contributed by atoms with Crippen molar-refractivity contribution in [2.45, 2.75) is 62.9 Å². The second-order valence-corrected chi connectivity index (χ2v) is 8.47. The Bertz CT molecular complexity index is 587. The Morgan fingerprint density at radius 3 is 2.29 bits per heavy atom. The van der Waals surface area contributed by atoms with Gasteiger partial charge in [0.25, 0.3) is 0 Å². The molecular formula is C16H24N2O2S. The lowest BCUT2D eigenvalue weighted by molar-refractivity contribution is 0.248. The predicted molar refractivity (Wildman–Crippen MR) is 84.3 cm³/mol. The molecule has 21 heavy (non-hydrogen) atoms. The first-order valence-electron chi connectivity index (χ1n) is 7.77. The monoisotopic (exact) mass is 308 g/mol. The molecule has 0 unspecified atom stereocenters. The minimum Gasteiger partial charge on any atom is -0.310 e. The maximum Gasteiger partial charge on any atom is 0.216 e. The lowest BCUT2D eigenvalue weighted by Crippen LogP contribution is -2.51. The second-order valence-electron chi connectivity index (χ2n) is 6.75. The molecule has 0 aromatic heterocycles. The van der Waals surface area contributed by atoms with E-state index in [0.29, 0.717) is 6.04 Å². The zero-order chi connectivity index (χ0) is 14.9. The average molecular weight is 308 g/mol. The lowest BCUT2D eigenvalue weighted by atomic mass is 9.80. The van der Waals surface area contributed by atoms with Gasteiger partial charge in [-0.1, -0.05) is 24.3 Å². The van der Waals surface area contributed by atoms with Crippen molar-refractivity contribution in [3.8, 4) is 0 Å². The Hall–Kier alpha value is -0.910. The van der Waals surface area contributed by atoms with Crippen molar-refractivity contribution in [3.05, 3.63) is 35.4 Å². The van der Waals surface area contributed by atoms with Crippen LogP contribution in [0.1, 0.15) is 50.2 Å². The fourth-order valence-electron chi connectivity index (χ4n) is 2.74. The van der Waals surface area contributed by atoms with Crippen LogP contribution in [0.3, 0.4) is 0 Å². The van der Waals surface area contributed by atoms with Gasteiger partial charge in [0, 0.05) is 18.1 Å². The first-order valence-corrected chi connectivity index (χ1v) is 9.42. The molecule has 3 rings (SSSR count). The molecule has 116 valence electrons. The molecule has 1 aromatic rings. The van der Waals surface area contributed by atoms with Gasteiger partial charge >= 0.3 is 0 Å². The molecule has 2 saturated carbocycles. The van der Waals surface area contributed by atoms with E-state index in [1.54, 1.807) is 0 Å². The topological polar surface area (TPSA) is 58.2 Å². The third kappa shape index (κ3) is 4.28. The number of hydrogen-bond donors (Lipinski definition) is 2. The fraction of sp³-hybridized carbons (Fsp3) is 0.625. The summed E-state index contributed by atoms with van der Waals surface area (Å²) >= 11 is 0. The average Bonchev–Trinajstić information content (AvgIpc) is 3.19. The molecule has 0 radical (unpaired) electrons. The Morgan fingerprint density at radius 1 is 1.14 bits per heavy atom. The van der Waals surface area contributed by atoms with Crippen LogP contribution in [0.2, 0.25) is 0 Å². The van der Waals surface area contributed by atoms with E-state index in [4.69, 9.17) is 0 Å². The van der Waals surface area contributed by atoms with Crippen molar-refractivity contribution in [2.24, 2.45) is 0 Å². The Kier molecular flexibility index (Phi) is 4.08. The molecule has 0 bridgehead atoms. The van der Waals surface area contributed by atoms with Crippen LogP contribution in [-0.4, -0.2) is 20.0 Å². The minimum atomic E-state index is -3.25. The largest absolute Gasteiger partial charge is 0.310 e. The van der Waals surface area contributed by atoms with Gasteiger partial charge in [-0.25, -0.2) is 13.1 Å². The van der Waals surface area contributed by atoms with Gasteiger partial charge in [0.1, 0.15) is 0 Å². The maximum absolute atomic E-state index is 12.2. The summed E-state index contributed by atoms with van der Waals surface area (Å²) in [6.45, 7) is 2.86. The summed E-state index contributed by atoms with van der Waals surface area (Å²) in [6.07, 6.45) is 5.55. The van der Waals surface area contributed by atoms with Crippen molar-refractivity contribution in [3.63, 3.8) is 0 Å². The summed E-state index contributed by atoms with van der Waals surface area (Å²) in [4.78, 5) is 0. The lowest BCUT2D eigenvalue weighted by Gasteiger charge is -2.38. The van der Waals surface area contributed by atoms with Gasteiger partial charge in [-0.05, 0) is 50.2 Å². The molecule has 0 aliphatic heterocycles. The van der Waals surface area contributed by atoms with Crippen LogP contribution in [0.15, 0.2) is 24.3 Å². The molecule has 0 spiro atoms. The zero-order valence-corrected chi connectivity index (χ0v) is 13.4. The first kappa shape index (κ1) is 15.0. The normalized spacial score (nSPS) is 21.0. The highest BCUT2D eigenvalue weighted by molar-refractivity contribution is 7.88. The summed E-state index contributed by atoms with van der Waals surface area (Å²) in [5.74, 6) is 0.0684. The summed E-state index contributed by atoms with van der Waals surface area (Å²) in [5.41, 5.74) is 1.84. The summed E-state index contributed by atoms with van der Waals surface area (Å²) in [6, 6.07) is 8.58. The molecule has 1 aromatic carbocycles. The molecule has 5 heteroatoms. The second kappa shape index (κ2) is 5.71. The van der Waals surface area contributed by atoms with E-state index >= 15 is 0 Å². The molecule has 0 heterocycles. The SMILES string of the molecule is CC1(NS(=O)(=O)Cc2ccc(CNC3CC3)cc2)CCC1. The molecule has 2 aliphatic carbocycles. The summed E-state index contributed by atoms with van der Waals surface area (Å²) in [5, 5.41) is 3.46. The van der Waals surface area contributed by atoms with Crippen molar-refractivity contribution in [1.29, 1.82) is 0 Å². The van der Waals surface area contributed by atoms with Gasteiger partial charge in [-0.15, -0.1) is 0 Å². The molecule has 0 atom stereocenters. The molecule has 2 fully saturated rings. The van der Waals surface area contributed by atoms with Crippen LogP contribution in [0.5, 0.6) is 0 Å². The summed E-state index contributed by atoms with van der Waals surface area (Å²) < 4.78 is 27.2. The highest BCUT2D eigenvalue weighted by Crippen LogP contribution is 2.32. The van der Waals surface area contributed by atoms with Gasteiger partial charge in [0.2, 0.25) is 10.0 Å². The fourth-order valence-corrected chi connectivity index (χ4v) is 4.40. The van der Waals surface area contributed by atoms with Crippen LogP contribution in [-0.2, 0) is 22.3 Å². The van der Waals surface area contributed by atoms with Gasteiger partial charge < -0.3 is 5.32 Å². The van der Waals surface area contributed by atoms with E-state index in [0.717, 1.165) is 31.4 Å². The highest BCUT2D eigenvalue weighted by atomic mass is 32.2. The number of hydrogen-bond acceptors (Lipinski definition) is 3. The first-order chi connectivity index (χ1) is 9.94. The van der Waals surface area contributed by atoms with Crippen LogP contribution < -0.4 is 10.0 Å². The van der Waals surface area contributed by atoms with Gasteiger partial charge in [0.05, 0.1) is 5.75 Å². The van der Waals surface area contributed by atoms with E-state index in [2.05, 4.69) is 10.0 Å². The predicted octanol–water partition coefficient (Wildman–Crippen LogP) is 2.30. The van der Waals surface area contributed by atoms with Crippen LogP contribution in [0.25, 0.3) is 0 Å². The quantitative estimate of drug-likeness (QED) is 0.812. The molecule has 0 amide bonds. The van der Waals surface area contributed by atoms with Crippen LogP contribution in [0, 0.1) is 0 Å². The molecule has 0 saturated heterocycles. The zero-order valence-electron chi connectivity index (χ0n) is 12.6. The van der Waals surface area contributed by atoms with E-state index in [1.807, 2.05) is 31.2 Å². The molecule has 4 nitrogen and oxygen atoms in total. The van der Waals surface area contributed by atoms with E-state index in [1.165, 1.54) is 18.4 Å². The van der Waals surface area contributed by atoms with E-state index < -0.39 is 10.0 Å². The van der Waals surface area contributed by atoms with E-state index in [9.17, 15) is 8.42 Å². The Labute approximate surface area is 127 Å². The van der Waals surface area contributed by atoms with Crippen molar-refractivity contribution < 1.29 is 8.42 Å². The van der Waals surface area contributed by atoms with Crippen molar-refractivity contribution in [2.75, 3.05) is 0 Å². The minimum absolute atomic E-state index is 0.0684. The third-order valence-electron chi connectivity index (χ3n) is 4.41. The summed E-state index contributed by atoms with van der Waals surface area (Å²) in [7, 11) is -3.25. The number of sulfonamides is 1. The number of nitrogens with one attached hydrogen (secondary N) is 2. The maximum atomic E-state index is 12.2. The number of benzene rings is 1. The van der Waals surface area contributed by atoms with Crippen molar-refractivity contribution in [1.82, 2.24) is 10.0 Å². The molecular weight excluding hydrogens is 284 g/mol. The smallest absolute Gasteiger partial charge is 0.216 e.